The van der Waals surface area contributed by atoms with E-state index in [0.29, 0.717) is 12.0 Å². The monoisotopic (exact) mass is 616 g/mol. The molecule has 2 aliphatic rings. The minimum atomic E-state index is -0.721. The number of hydrogen-bond donors (Lipinski definition) is 4. The first-order valence-electron chi connectivity index (χ1n) is 15.9. The Hall–Kier alpha value is -5.74. The molecule has 2 atom stereocenters. The summed E-state index contributed by atoms with van der Waals surface area (Å²) in [5.74, 6) is -2.27. The van der Waals surface area contributed by atoms with Crippen LogP contribution in [0.15, 0.2) is 163 Å². The van der Waals surface area contributed by atoms with E-state index in [0.717, 1.165) is 0 Å². The molecule has 6 aromatic rings. The number of rotatable bonds is 1. The van der Waals surface area contributed by atoms with E-state index in [-0.39, 0.29) is 24.0 Å². The summed E-state index contributed by atoms with van der Waals surface area (Å²) in [6, 6.07) is 37.6. The van der Waals surface area contributed by atoms with Crippen molar-refractivity contribution in [2.24, 2.45) is 11.8 Å². The molecule has 0 saturated heterocycles. The van der Waals surface area contributed by atoms with Crippen LogP contribution in [-0.4, -0.2) is 20.4 Å². The molecule has 8 rings (SSSR count). The molecule has 0 heterocycles. The molecule has 2 unspecified atom stereocenters. The molecule has 0 bridgehead atoms. The van der Waals surface area contributed by atoms with Crippen LogP contribution in [0, 0.1) is 18.8 Å². The first-order valence-corrected chi connectivity index (χ1v) is 15.9. The van der Waals surface area contributed by atoms with Gasteiger partial charge in [-0.3, -0.25) is 0 Å². The second-order valence-electron chi connectivity index (χ2n) is 12.3. The number of allylic oxidation sites excluding steroid dienone is 6. The van der Waals surface area contributed by atoms with Crippen molar-refractivity contribution in [3.63, 3.8) is 0 Å². The van der Waals surface area contributed by atoms with Gasteiger partial charge in [0.25, 0.3) is 0 Å². The summed E-state index contributed by atoms with van der Waals surface area (Å²) < 4.78 is 0. The van der Waals surface area contributed by atoms with Crippen molar-refractivity contribution in [2.45, 2.75) is 19.8 Å². The summed E-state index contributed by atoms with van der Waals surface area (Å²) in [7, 11) is 0. The largest absolute Gasteiger partial charge is 0.508 e. The summed E-state index contributed by atoms with van der Waals surface area (Å²) >= 11 is 0. The van der Waals surface area contributed by atoms with Gasteiger partial charge in [-0.1, -0.05) is 128 Å². The molecular weight excluding hydrogens is 580 g/mol. The van der Waals surface area contributed by atoms with Gasteiger partial charge in [0.15, 0.2) is 11.5 Å². The van der Waals surface area contributed by atoms with Crippen LogP contribution in [0.1, 0.15) is 18.4 Å². The minimum Gasteiger partial charge on any atom is -0.508 e. The van der Waals surface area contributed by atoms with Crippen LogP contribution in [0.2, 0.25) is 0 Å². The first-order chi connectivity index (χ1) is 22.8. The van der Waals surface area contributed by atoms with E-state index in [1.165, 1.54) is 59.8 Å². The molecule has 0 spiro atoms. The van der Waals surface area contributed by atoms with Crippen molar-refractivity contribution in [1.29, 1.82) is 0 Å². The highest BCUT2D eigenvalue weighted by atomic mass is 16.3. The predicted molar refractivity (Wildman–Crippen MR) is 195 cm³/mol. The van der Waals surface area contributed by atoms with Crippen molar-refractivity contribution >= 4 is 43.1 Å². The van der Waals surface area contributed by atoms with Crippen LogP contribution in [0.3, 0.4) is 0 Å². The molecule has 0 fully saturated rings. The molecule has 2 aliphatic carbocycles. The molecule has 4 heteroatoms. The van der Waals surface area contributed by atoms with Gasteiger partial charge in [0.2, 0.25) is 5.76 Å². The summed E-state index contributed by atoms with van der Waals surface area (Å²) in [4.78, 5) is 0. The van der Waals surface area contributed by atoms with Crippen LogP contribution in [0.4, 0.5) is 0 Å². The number of hydrogen-bond acceptors (Lipinski definition) is 4. The van der Waals surface area contributed by atoms with Gasteiger partial charge in [-0.25, -0.2) is 0 Å². The Balaban J connectivity index is 0.000000169. The Labute approximate surface area is 273 Å². The number of benzene rings is 6. The third-order valence-corrected chi connectivity index (χ3v) is 9.63. The molecule has 0 saturated carbocycles. The summed E-state index contributed by atoms with van der Waals surface area (Å²) in [6.07, 6.45) is 8.43. The van der Waals surface area contributed by atoms with Crippen molar-refractivity contribution in [2.75, 3.05) is 0 Å². The zero-order valence-corrected chi connectivity index (χ0v) is 26.2. The zero-order valence-electron chi connectivity index (χ0n) is 26.2. The van der Waals surface area contributed by atoms with Gasteiger partial charge >= 0.3 is 0 Å². The van der Waals surface area contributed by atoms with E-state index in [1.807, 2.05) is 24.3 Å². The number of fused-ring (bicyclic) bond motifs is 6. The second-order valence-corrected chi connectivity index (χ2v) is 12.3. The molecule has 4 N–H and O–H groups in total. The van der Waals surface area contributed by atoms with Gasteiger partial charge in [-0.2, -0.15) is 0 Å². The molecule has 6 aromatic carbocycles. The second kappa shape index (κ2) is 12.2. The Kier molecular flexibility index (Phi) is 7.79. The van der Waals surface area contributed by atoms with Gasteiger partial charge in [0.05, 0.1) is 0 Å². The molecule has 0 amide bonds. The van der Waals surface area contributed by atoms with E-state index >= 15 is 0 Å². The van der Waals surface area contributed by atoms with Crippen LogP contribution in [0.25, 0.3) is 54.2 Å². The fraction of sp³-hybridized carbons (Fsp3) is 0.116. The standard InChI is InChI=1S/C29H20.C14H16O4/c1-19-21-11-4-8-16-26(21)29(27-17-9-5-12-22(19)27)28-18-20-10-2-3-13-23(20)24-14-6-7-15-25(24)28;1-8-10-5-3-2-4-9(10)6-7-11(15)13(17)14(18)12(8)16/h2-18H,1H3;2-5,9-10,15-18H,1,6-7H2/b;13-11-,14-12-. The van der Waals surface area contributed by atoms with E-state index < -0.39 is 17.3 Å². The molecule has 0 aliphatic heterocycles. The van der Waals surface area contributed by atoms with Crippen LogP contribution in [0.5, 0.6) is 0 Å². The Morgan fingerprint density at radius 1 is 0.574 bits per heavy atom. The van der Waals surface area contributed by atoms with Crippen LogP contribution in [-0.2, 0) is 0 Å². The van der Waals surface area contributed by atoms with Crippen molar-refractivity contribution in [3.8, 4) is 11.1 Å². The lowest BCUT2D eigenvalue weighted by atomic mass is 9.80. The summed E-state index contributed by atoms with van der Waals surface area (Å²) in [5, 5.41) is 49.3. The first kappa shape index (κ1) is 29.9. The van der Waals surface area contributed by atoms with Gasteiger partial charge in [-0.05, 0) is 90.7 Å². The fourth-order valence-corrected chi connectivity index (χ4v) is 7.18. The number of aliphatic hydroxyl groups excluding tert-OH is 4. The quantitative estimate of drug-likeness (QED) is 0.109. The topological polar surface area (TPSA) is 80.9 Å². The van der Waals surface area contributed by atoms with Gasteiger partial charge in [0.1, 0.15) is 5.76 Å². The zero-order chi connectivity index (χ0) is 32.7. The van der Waals surface area contributed by atoms with Crippen LogP contribution >= 0.6 is 0 Å². The van der Waals surface area contributed by atoms with Gasteiger partial charge in [0, 0.05) is 12.3 Å². The van der Waals surface area contributed by atoms with Crippen molar-refractivity contribution in [1.82, 2.24) is 0 Å². The van der Waals surface area contributed by atoms with Crippen LogP contribution < -0.4 is 0 Å². The third-order valence-electron chi connectivity index (χ3n) is 9.63. The Morgan fingerprint density at radius 2 is 1.11 bits per heavy atom. The van der Waals surface area contributed by atoms with Gasteiger partial charge < -0.3 is 20.4 Å². The predicted octanol–water partition coefficient (Wildman–Crippen LogP) is 11.6. The lowest BCUT2D eigenvalue weighted by Gasteiger charge is -2.25. The van der Waals surface area contributed by atoms with Crippen molar-refractivity contribution in [3.05, 3.63) is 168 Å². The van der Waals surface area contributed by atoms with E-state index in [9.17, 15) is 20.4 Å². The minimum absolute atomic E-state index is 0.0745. The Bertz CT molecular complexity index is 2280. The maximum absolute atomic E-state index is 9.87. The molecular formula is C43H36O4. The lowest BCUT2D eigenvalue weighted by Crippen LogP contribution is -2.16. The SMILES string of the molecule is C=C1/C(O)=C(O)\C(O)=C(\O)CCC2C=CC=CC12.Cc1c2ccccc2c(-c2cc3ccccc3c3ccccc23)c2ccccc12. The fourth-order valence-electron chi connectivity index (χ4n) is 7.18. The molecule has 4 nitrogen and oxygen atoms in total. The molecule has 0 aromatic heterocycles. The number of aryl methyl sites for hydroxylation is 1. The molecule has 232 valence electrons. The highest BCUT2D eigenvalue weighted by molar-refractivity contribution is 6.22. The maximum Gasteiger partial charge on any atom is 0.204 e. The average Bonchev–Trinajstić information content (AvgIpc) is 3.15. The van der Waals surface area contributed by atoms with Gasteiger partial charge in [-0.15, -0.1) is 0 Å². The molecule has 0 radical (unpaired) electrons. The highest BCUT2D eigenvalue weighted by Gasteiger charge is 2.29. The van der Waals surface area contributed by atoms with E-state index in [1.54, 1.807) is 0 Å². The summed E-state index contributed by atoms with van der Waals surface area (Å²) in [6.45, 7) is 6.01. The van der Waals surface area contributed by atoms with E-state index in [2.05, 4.69) is 117 Å². The molecule has 47 heavy (non-hydrogen) atoms. The smallest absolute Gasteiger partial charge is 0.204 e. The lowest BCUT2D eigenvalue weighted by molar-refractivity contribution is 0.256. The Morgan fingerprint density at radius 3 is 1.77 bits per heavy atom. The highest BCUT2D eigenvalue weighted by Crippen LogP contribution is 2.43. The summed E-state index contributed by atoms with van der Waals surface area (Å²) in [5.41, 5.74) is 4.33. The normalized spacial score (nSPS) is 21.3. The third kappa shape index (κ3) is 5.22. The maximum atomic E-state index is 9.87. The van der Waals surface area contributed by atoms with E-state index in [4.69, 9.17) is 0 Å². The van der Waals surface area contributed by atoms with Crippen molar-refractivity contribution < 1.29 is 20.4 Å². The average molecular weight is 617 g/mol. The number of aliphatic hydroxyl groups is 4.